The highest BCUT2D eigenvalue weighted by molar-refractivity contribution is 9.10. The molecule has 0 radical (unpaired) electrons. The monoisotopic (exact) mass is 477 g/mol. The number of rotatable bonds is 6. The lowest BCUT2D eigenvalue weighted by molar-refractivity contribution is -0.113. The lowest BCUT2D eigenvalue weighted by atomic mass is 10.1. The highest BCUT2D eigenvalue weighted by atomic mass is 79.9. The SMILES string of the molecule is NC(=O)c1c(NC(=O)CSc2n[nH]c(-c3ccc(Br)cc3)n2)sc2c1CCC2. The largest absolute Gasteiger partial charge is 0.365 e. The summed E-state index contributed by atoms with van der Waals surface area (Å²) in [5, 5.41) is 10.9. The number of nitrogens with one attached hydrogen (secondary N) is 2. The highest BCUT2D eigenvalue weighted by Crippen LogP contribution is 2.38. The minimum Gasteiger partial charge on any atom is -0.365 e. The van der Waals surface area contributed by atoms with Crippen LogP contribution in [0.4, 0.5) is 5.00 Å². The number of carbonyl (C=O) groups is 2. The van der Waals surface area contributed by atoms with Crippen molar-refractivity contribution in [2.24, 2.45) is 5.73 Å². The Morgan fingerprint density at radius 1 is 1.29 bits per heavy atom. The summed E-state index contributed by atoms with van der Waals surface area (Å²) < 4.78 is 0.983. The fourth-order valence-electron chi connectivity index (χ4n) is 3.09. The van der Waals surface area contributed by atoms with Gasteiger partial charge in [0, 0.05) is 14.9 Å². The number of primary amides is 1. The number of aryl methyl sites for hydroxylation is 1. The molecule has 28 heavy (non-hydrogen) atoms. The van der Waals surface area contributed by atoms with Gasteiger partial charge in [0.2, 0.25) is 11.1 Å². The molecule has 0 bridgehead atoms. The van der Waals surface area contributed by atoms with E-state index < -0.39 is 5.91 Å². The molecule has 10 heteroatoms. The molecule has 0 saturated carbocycles. The molecule has 0 unspecified atom stereocenters. The van der Waals surface area contributed by atoms with Crippen molar-refractivity contribution in [1.29, 1.82) is 0 Å². The third kappa shape index (κ3) is 3.98. The molecule has 4 rings (SSSR count). The molecule has 7 nitrogen and oxygen atoms in total. The Balaban J connectivity index is 1.39. The number of carbonyl (C=O) groups excluding carboxylic acids is 2. The number of amides is 2. The summed E-state index contributed by atoms with van der Waals surface area (Å²) >= 11 is 6.07. The number of hydrogen-bond acceptors (Lipinski definition) is 6. The molecular weight excluding hydrogens is 462 g/mol. The normalized spacial score (nSPS) is 12.8. The fourth-order valence-corrected chi connectivity index (χ4v) is 5.27. The molecule has 0 spiro atoms. The lowest BCUT2D eigenvalue weighted by Crippen LogP contribution is -2.18. The number of aromatic amines is 1. The molecule has 1 aliphatic carbocycles. The molecule has 0 aliphatic heterocycles. The number of aromatic nitrogens is 3. The second-order valence-electron chi connectivity index (χ2n) is 6.24. The highest BCUT2D eigenvalue weighted by Gasteiger charge is 2.26. The number of thiophene rings is 1. The van der Waals surface area contributed by atoms with Crippen molar-refractivity contribution in [1.82, 2.24) is 15.2 Å². The molecule has 144 valence electrons. The van der Waals surface area contributed by atoms with Crippen molar-refractivity contribution in [2.45, 2.75) is 24.4 Å². The molecule has 2 aromatic heterocycles. The number of nitrogens with two attached hydrogens (primary N) is 1. The molecule has 1 aliphatic rings. The first-order valence-electron chi connectivity index (χ1n) is 8.56. The van der Waals surface area contributed by atoms with E-state index in [-0.39, 0.29) is 11.7 Å². The van der Waals surface area contributed by atoms with E-state index in [0.717, 1.165) is 39.7 Å². The van der Waals surface area contributed by atoms with Crippen molar-refractivity contribution in [3.8, 4) is 11.4 Å². The van der Waals surface area contributed by atoms with E-state index in [2.05, 4.69) is 36.4 Å². The van der Waals surface area contributed by atoms with Gasteiger partial charge in [-0.05, 0) is 37.0 Å². The van der Waals surface area contributed by atoms with Gasteiger partial charge >= 0.3 is 0 Å². The van der Waals surface area contributed by atoms with Gasteiger partial charge < -0.3 is 11.1 Å². The second kappa shape index (κ2) is 8.06. The van der Waals surface area contributed by atoms with Crippen molar-refractivity contribution in [3.63, 3.8) is 0 Å². The van der Waals surface area contributed by atoms with E-state index in [4.69, 9.17) is 5.73 Å². The van der Waals surface area contributed by atoms with Gasteiger partial charge in [0.25, 0.3) is 5.91 Å². The van der Waals surface area contributed by atoms with Crippen molar-refractivity contribution in [2.75, 3.05) is 11.1 Å². The van der Waals surface area contributed by atoms with Crippen LogP contribution in [0.3, 0.4) is 0 Å². The van der Waals surface area contributed by atoms with Crippen LogP contribution in [0.5, 0.6) is 0 Å². The lowest BCUT2D eigenvalue weighted by Gasteiger charge is -2.05. The maximum absolute atomic E-state index is 12.4. The molecule has 1 aromatic carbocycles. The van der Waals surface area contributed by atoms with Gasteiger partial charge in [0.15, 0.2) is 5.82 Å². The zero-order valence-corrected chi connectivity index (χ0v) is 17.8. The molecule has 0 atom stereocenters. The number of anilines is 1. The van der Waals surface area contributed by atoms with E-state index in [1.165, 1.54) is 23.1 Å². The van der Waals surface area contributed by atoms with Gasteiger partial charge in [-0.25, -0.2) is 4.98 Å². The average Bonchev–Trinajstić information content (AvgIpc) is 3.36. The number of halogens is 1. The van der Waals surface area contributed by atoms with E-state index >= 15 is 0 Å². The summed E-state index contributed by atoms with van der Waals surface area (Å²) in [5.74, 6) is 0.0669. The molecule has 0 fully saturated rings. The smallest absolute Gasteiger partial charge is 0.251 e. The van der Waals surface area contributed by atoms with Crippen LogP contribution in [-0.2, 0) is 17.6 Å². The van der Waals surface area contributed by atoms with Crippen LogP contribution in [0, 0.1) is 0 Å². The Morgan fingerprint density at radius 3 is 2.82 bits per heavy atom. The van der Waals surface area contributed by atoms with Gasteiger partial charge in [-0.1, -0.05) is 39.8 Å². The first-order valence-corrected chi connectivity index (χ1v) is 11.2. The zero-order valence-electron chi connectivity index (χ0n) is 14.6. The summed E-state index contributed by atoms with van der Waals surface area (Å²) in [4.78, 5) is 29.7. The van der Waals surface area contributed by atoms with Crippen LogP contribution in [0.2, 0.25) is 0 Å². The number of H-pyrrole nitrogens is 1. The van der Waals surface area contributed by atoms with Gasteiger partial charge in [-0.15, -0.1) is 16.4 Å². The molecule has 2 amide bonds. The second-order valence-corrected chi connectivity index (χ2v) is 9.20. The van der Waals surface area contributed by atoms with Crippen LogP contribution in [0.1, 0.15) is 27.2 Å². The first-order chi connectivity index (χ1) is 13.5. The van der Waals surface area contributed by atoms with Gasteiger partial charge in [-0.2, -0.15) is 0 Å². The minimum absolute atomic E-state index is 0.137. The zero-order chi connectivity index (χ0) is 19.7. The number of hydrogen-bond donors (Lipinski definition) is 3. The quantitative estimate of drug-likeness (QED) is 0.469. The summed E-state index contributed by atoms with van der Waals surface area (Å²) in [5.41, 5.74) is 7.89. The average molecular weight is 478 g/mol. The van der Waals surface area contributed by atoms with E-state index in [0.29, 0.717) is 21.5 Å². The predicted molar refractivity (Wildman–Crippen MR) is 114 cm³/mol. The number of fused-ring (bicyclic) bond motifs is 1. The third-order valence-electron chi connectivity index (χ3n) is 4.34. The van der Waals surface area contributed by atoms with Crippen LogP contribution in [-0.4, -0.2) is 32.7 Å². The van der Waals surface area contributed by atoms with E-state index in [1.807, 2.05) is 24.3 Å². The van der Waals surface area contributed by atoms with Crippen molar-refractivity contribution >= 4 is 55.8 Å². The summed E-state index contributed by atoms with van der Waals surface area (Å²) in [7, 11) is 0. The Morgan fingerprint density at radius 2 is 2.07 bits per heavy atom. The molecular formula is C18H16BrN5O2S2. The molecule has 2 heterocycles. The minimum atomic E-state index is -0.490. The van der Waals surface area contributed by atoms with Gasteiger partial charge in [0.1, 0.15) is 5.00 Å². The number of benzene rings is 1. The summed E-state index contributed by atoms with van der Waals surface area (Å²) in [6.45, 7) is 0. The molecule has 4 N–H and O–H groups in total. The maximum Gasteiger partial charge on any atom is 0.251 e. The van der Waals surface area contributed by atoms with Crippen molar-refractivity contribution in [3.05, 3.63) is 44.7 Å². The molecule has 3 aromatic rings. The van der Waals surface area contributed by atoms with E-state index in [1.54, 1.807) is 0 Å². The van der Waals surface area contributed by atoms with E-state index in [9.17, 15) is 9.59 Å². The number of nitrogens with zero attached hydrogens (tertiary/aromatic N) is 2. The Labute approximate surface area is 177 Å². The first kappa shape index (κ1) is 19.2. The van der Waals surface area contributed by atoms with Crippen molar-refractivity contribution < 1.29 is 9.59 Å². The molecule has 0 saturated heterocycles. The van der Waals surface area contributed by atoms with Crippen LogP contribution in [0.15, 0.2) is 33.9 Å². The van der Waals surface area contributed by atoms with Crippen LogP contribution >= 0.6 is 39.0 Å². The topological polar surface area (TPSA) is 114 Å². The maximum atomic E-state index is 12.4. The summed E-state index contributed by atoms with van der Waals surface area (Å²) in [6, 6.07) is 7.69. The Bertz CT molecular complexity index is 1040. The predicted octanol–water partition coefficient (Wildman–Crippen LogP) is 3.61. The van der Waals surface area contributed by atoms with Gasteiger partial charge in [0.05, 0.1) is 11.3 Å². The van der Waals surface area contributed by atoms with Gasteiger partial charge in [-0.3, -0.25) is 14.7 Å². The fraction of sp³-hybridized carbons (Fsp3) is 0.222. The summed E-state index contributed by atoms with van der Waals surface area (Å²) in [6.07, 6.45) is 2.79. The van der Waals surface area contributed by atoms with Crippen LogP contribution < -0.4 is 11.1 Å². The Hall–Kier alpha value is -2.17. The Kier molecular flexibility index (Phi) is 5.51. The number of thioether (sulfide) groups is 1. The third-order valence-corrected chi connectivity index (χ3v) is 6.92. The van der Waals surface area contributed by atoms with Crippen LogP contribution in [0.25, 0.3) is 11.4 Å². The standard InChI is InChI=1S/C18H16BrN5O2S2/c19-10-6-4-9(5-7-10)16-22-18(24-23-16)27-8-13(25)21-17-14(15(20)26)11-2-1-3-12(11)28-17/h4-7H,1-3,8H2,(H2,20,26)(H,21,25)(H,22,23,24).